The minimum Gasteiger partial charge on any atom is -0.264 e. The Morgan fingerprint density at radius 2 is 2.00 bits per heavy atom. The average molecular weight is 259 g/mol. The van der Waals surface area contributed by atoms with Gasteiger partial charge in [-0.25, -0.2) is 0 Å². The maximum atomic E-state index is 11.6. The molecule has 0 unspecified atom stereocenters. The molecule has 2 aliphatic carbocycles. The van der Waals surface area contributed by atoms with Crippen molar-refractivity contribution in [3.63, 3.8) is 0 Å². The lowest BCUT2D eigenvalue weighted by atomic mass is 9.77. The summed E-state index contributed by atoms with van der Waals surface area (Å²) in [5, 5.41) is 19.4. The molecular weight excluding hydrogens is 242 g/mol. The predicted molar refractivity (Wildman–Crippen MR) is 71.0 cm³/mol. The molecule has 0 fully saturated rings. The summed E-state index contributed by atoms with van der Waals surface area (Å²) < 4.78 is 0. The quantitative estimate of drug-likeness (QED) is 0.533. The van der Waals surface area contributed by atoms with E-state index in [0.717, 1.165) is 17.6 Å². The van der Waals surface area contributed by atoms with Gasteiger partial charge >= 0.3 is 0 Å². The van der Waals surface area contributed by atoms with Crippen molar-refractivity contribution in [3.8, 4) is 0 Å². The van der Waals surface area contributed by atoms with Crippen molar-refractivity contribution in [1.82, 2.24) is 0 Å². The van der Waals surface area contributed by atoms with Crippen LogP contribution in [0.3, 0.4) is 0 Å². The molecule has 19 heavy (non-hydrogen) atoms. The number of rotatable bonds is 1. The van der Waals surface area contributed by atoms with Crippen LogP contribution >= 0.6 is 0 Å². The van der Waals surface area contributed by atoms with E-state index in [1.165, 1.54) is 6.20 Å². The van der Waals surface area contributed by atoms with Crippen LogP contribution < -0.4 is 0 Å². The maximum absolute atomic E-state index is 11.6. The van der Waals surface area contributed by atoms with Crippen LogP contribution in [-0.4, -0.2) is 11.0 Å². The fraction of sp³-hybridized carbons (Fsp3) is 0.571. The van der Waals surface area contributed by atoms with Gasteiger partial charge in [0.25, 0.3) is 6.04 Å². The molecule has 0 saturated heterocycles. The van der Waals surface area contributed by atoms with Crippen molar-refractivity contribution in [2.24, 2.45) is 21.1 Å². The molecule has 1 aliphatic heterocycles. The van der Waals surface area contributed by atoms with E-state index < -0.39 is 6.04 Å². The Morgan fingerprint density at radius 3 is 2.63 bits per heavy atom. The minimum atomic E-state index is -0.790. The molecule has 1 atom stereocenters. The SMILES string of the molecule is CC1(C)CC(C)(C)C2=C1C=C1N=NC=C1[C@@H]2[N+](=O)[O-]. The first-order valence-corrected chi connectivity index (χ1v) is 6.46. The van der Waals surface area contributed by atoms with Gasteiger partial charge in [-0.1, -0.05) is 27.7 Å². The minimum absolute atomic E-state index is 0.0519. The molecular formula is C14H17N3O2. The Hall–Kier alpha value is -1.78. The predicted octanol–water partition coefficient (Wildman–Crippen LogP) is 3.63. The second-order valence-corrected chi connectivity index (χ2v) is 6.79. The van der Waals surface area contributed by atoms with Crippen molar-refractivity contribution in [3.05, 3.63) is 44.8 Å². The number of nitrogens with zero attached hydrogens (tertiary/aromatic N) is 3. The van der Waals surface area contributed by atoms with Crippen molar-refractivity contribution >= 4 is 0 Å². The lowest BCUT2D eigenvalue weighted by molar-refractivity contribution is -0.503. The highest BCUT2D eigenvalue weighted by atomic mass is 16.6. The van der Waals surface area contributed by atoms with Crippen LogP contribution in [-0.2, 0) is 0 Å². The van der Waals surface area contributed by atoms with Crippen molar-refractivity contribution in [2.75, 3.05) is 0 Å². The molecule has 0 N–H and O–H groups in total. The Morgan fingerprint density at radius 1 is 1.32 bits per heavy atom. The van der Waals surface area contributed by atoms with E-state index in [-0.39, 0.29) is 15.8 Å². The van der Waals surface area contributed by atoms with E-state index in [9.17, 15) is 10.1 Å². The van der Waals surface area contributed by atoms with Gasteiger partial charge in [0, 0.05) is 10.5 Å². The summed E-state index contributed by atoms with van der Waals surface area (Å²) >= 11 is 0. The van der Waals surface area contributed by atoms with Crippen LogP contribution in [0.2, 0.25) is 0 Å². The molecule has 0 aromatic carbocycles. The molecule has 0 spiro atoms. The molecule has 0 aromatic heterocycles. The van der Waals surface area contributed by atoms with Gasteiger partial charge in [-0.3, -0.25) is 10.1 Å². The van der Waals surface area contributed by atoms with E-state index in [1.807, 2.05) is 6.08 Å². The molecule has 5 nitrogen and oxygen atoms in total. The number of hydrogen-bond acceptors (Lipinski definition) is 4. The molecule has 0 radical (unpaired) electrons. The Kier molecular flexibility index (Phi) is 2.20. The number of hydrogen-bond donors (Lipinski definition) is 0. The summed E-state index contributed by atoms with van der Waals surface area (Å²) in [6.07, 6.45) is 4.44. The number of nitro groups is 1. The van der Waals surface area contributed by atoms with E-state index in [2.05, 4.69) is 37.9 Å². The highest BCUT2D eigenvalue weighted by Crippen LogP contribution is 2.58. The molecule has 1 heterocycles. The Bertz CT molecular complexity index is 606. The topological polar surface area (TPSA) is 67.9 Å². The fourth-order valence-electron chi connectivity index (χ4n) is 3.93. The van der Waals surface area contributed by atoms with Gasteiger partial charge in [0.2, 0.25) is 0 Å². The summed E-state index contributed by atoms with van der Waals surface area (Å²) in [6.45, 7) is 8.48. The first kappa shape index (κ1) is 12.3. The zero-order valence-corrected chi connectivity index (χ0v) is 11.6. The number of allylic oxidation sites excluding steroid dienone is 2. The van der Waals surface area contributed by atoms with Crippen LogP contribution in [0.25, 0.3) is 0 Å². The summed E-state index contributed by atoms with van der Waals surface area (Å²) in [7, 11) is 0. The lowest BCUT2D eigenvalue weighted by Gasteiger charge is -2.27. The standard InChI is InChI=1S/C14H17N3O2/c1-13(2)7-14(3,4)11-9(13)5-10-8(6-15-16-10)12(11)17(18)19/h5-6,12H,7H2,1-4H3/t12-/m0/s1. The summed E-state index contributed by atoms with van der Waals surface area (Å²) in [4.78, 5) is 11.4. The molecule has 5 heteroatoms. The third kappa shape index (κ3) is 1.54. The van der Waals surface area contributed by atoms with E-state index in [4.69, 9.17) is 0 Å². The van der Waals surface area contributed by atoms with E-state index >= 15 is 0 Å². The second kappa shape index (κ2) is 3.40. The van der Waals surface area contributed by atoms with Crippen LogP contribution in [0.15, 0.2) is 44.9 Å². The summed E-state index contributed by atoms with van der Waals surface area (Å²) in [5.41, 5.74) is 3.09. The molecule has 3 rings (SSSR count). The van der Waals surface area contributed by atoms with Crippen LogP contribution in [0.5, 0.6) is 0 Å². The van der Waals surface area contributed by atoms with E-state index in [1.54, 1.807) is 0 Å². The first-order chi connectivity index (χ1) is 8.74. The van der Waals surface area contributed by atoms with E-state index in [0.29, 0.717) is 11.3 Å². The van der Waals surface area contributed by atoms with Gasteiger partial charge in [-0.2, -0.15) is 10.2 Å². The summed E-state index contributed by atoms with van der Waals surface area (Å²) in [5.74, 6) is 0. The number of fused-ring (bicyclic) bond motifs is 1. The summed E-state index contributed by atoms with van der Waals surface area (Å²) in [6, 6.07) is -0.790. The average Bonchev–Trinajstić information content (AvgIpc) is 2.77. The van der Waals surface area contributed by atoms with Gasteiger partial charge in [0.15, 0.2) is 0 Å². The molecule has 100 valence electrons. The maximum Gasteiger partial charge on any atom is 0.264 e. The van der Waals surface area contributed by atoms with Crippen LogP contribution in [0.1, 0.15) is 34.1 Å². The highest BCUT2D eigenvalue weighted by Gasteiger charge is 2.53. The zero-order valence-electron chi connectivity index (χ0n) is 11.6. The van der Waals surface area contributed by atoms with Crippen molar-refractivity contribution < 1.29 is 4.92 Å². The second-order valence-electron chi connectivity index (χ2n) is 6.79. The van der Waals surface area contributed by atoms with Crippen LogP contribution in [0, 0.1) is 20.9 Å². The smallest absolute Gasteiger partial charge is 0.264 e. The van der Waals surface area contributed by atoms with Gasteiger partial charge < -0.3 is 0 Å². The normalized spacial score (nSPS) is 29.8. The van der Waals surface area contributed by atoms with Gasteiger partial charge in [-0.05, 0) is 28.9 Å². The Labute approximate surface area is 111 Å². The molecule has 0 bridgehead atoms. The fourth-order valence-corrected chi connectivity index (χ4v) is 3.93. The van der Waals surface area contributed by atoms with Crippen LogP contribution in [0.4, 0.5) is 0 Å². The monoisotopic (exact) mass is 259 g/mol. The third-order valence-electron chi connectivity index (χ3n) is 4.35. The highest BCUT2D eigenvalue weighted by molar-refractivity contribution is 5.57. The van der Waals surface area contributed by atoms with Gasteiger partial charge in [0.1, 0.15) is 0 Å². The molecule has 3 aliphatic rings. The zero-order chi connectivity index (χ0) is 14.0. The van der Waals surface area contributed by atoms with Crippen molar-refractivity contribution in [2.45, 2.75) is 40.2 Å². The van der Waals surface area contributed by atoms with Crippen molar-refractivity contribution in [1.29, 1.82) is 0 Å². The van der Waals surface area contributed by atoms with Gasteiger partial charge in [-0.15, -0.1) is 0 Å². The van der Waals surface area contributed by atoms with Gasteiger partial charge in [0.05, 0.1) is 17.5 Å². The Balaban J connectivity index is 2.27. The molecule has 0 amide bonds. The lowest BCUT2D eigenvalue weighted by Crippen LogP contribution is -2.32. The largest absolute Gasteiger partial charge is 0.264 e. The number of azo groups is 1. The third-order valence-corrected chi connectivity index (χ3v) is 4.35. The molecule has 0 saturated carbocycles. The molecule has 0 aromatic rings. The first-order valence-electron chi connectivity index (χ1n) is 6.46.